The number of hydrogen-bond acceptors (Lipinski definition) is 0. The van der Waals surface area contributed by atoms with E-state index in [9.17, 15) is 0 Å². The molecule has 0 aliphatic rings. The van der Waals surface area contributed by atoms with Gasteiger partial charge in [-0.15, -0.1) is 0 Å². The van der Waals surface area contributed by atoms with Crippen LogP contribution in [-0.2, 0) is 0 Å². The first kappa shape index (κ1) is 19.6. The van der Waals surface area contributed by atoms with Crippen LogP contribution in [0.1, 0.15) is 0 Å². The first-order valence-electron chi connectivity index (χ1n) is 3.45. The van der Waals surface area contributed by atoms with Gasteiger partial charge in [0.2, 0.25) is 0 Å². The van der Waals surface area contributed by atoms with Crippen LogP contribution in [0, 0.1) is 0 Å². The van der Waals surface area contributed by atoms with Gasteiger partial charge in [-0.3, -0.25) is 0 Å². The van der Waals surface area contributed by atoms with Crippen molar-refractivity contribution in [2.24, 2.45) is 0 Å². The van der Waals surface area contributed by atoms with Crippen molar-refractivity contribution >= 4 is 67.9 Å². The molecule has 0 aromatic rings. The molecular formula is C6H19KNNaSi2. The molecule has 0 saturated carbocycles. The number of hydrogen-bond donors (Lipinski definition) is 0. The van der Waals surface area contributed by atoms with Gasteiger partial charge in [0.05, 0.1) is 0 Å². The van der Waals surface area contributed by atoms with E-state index in [2.05, 4.69) is 39.3 Å². The first-order chi connectivity index (χ1) is 3.71. The molecule has 58 valence electrons. The van der Waals surface area contributed by atoms with Crippen LogP contribution in [0.3, 0.4) is 0 Å². The summed E-state index contributed by atoms with van der Waals surface area (Å²) in [5.74, 6) is 0. The van der Waals surface area contributed by atoms with Gasteiger partial charge in [0, 0.05) is 0 Å². The smallest absolute Gasteiger partial charge is 1.00 e. The monoisotopic (exact) mass is 223 g/mol. The minimum Gasteiger partial charge on any atom is 1.00 e. The summed E-state index contributed by atoms with van der Waals surface area (Å²) >= 11 is 0. The van der Waals surface area contributed by atoms with Gasteiger partial charge in [0.1, 0.15) is 0 Å². The van der Waals surface area contributed by atoms with Crippen LogP contribution in [0.25, 0.3) is 4.65 Å². The van der Waals surface area contributed by atoms with Crippen LogP contribution in [0.4, 0.5) is 0 Å². The molecule has 0 rings (SSSR count). The largest absolute Gasteiger partial charge is 1.00 e. The normalized spacial score (nSPS) is 11.5. The fourth-order valence-electron chi connectivity index (χ4n) is 1.01. The van der Waals surface area contributed by atoms with Crippen molar-refractivity contribution in [1.29, 1.82) is 0 Å². The van der Waals surface area contributed by atoms with E-state index in [1.807, 2.05) is 0 Å². The molecule has 0 aromatic carbocycles. The van der Waals surface area contributed by atoms with Gasteiger partial charge in [-0.05, 0) is 0 Å². The average molecular weight is 223 g/mol. The zero-order chi connectivity index (χ0) is 7.71. The van der Waals surface area contributed by atoms with E-state index in [-0.39, 0.29) is 80.9 Å². The second-order valence-electron chi connectivity index (χ2n) is 4.45. The molecule has 0 radical (unpaired) electrons. The molecule has 5 heteroatoms. The maximum Gasteiger partial charge on any atom is 1.00 e. The van der Waals surface area contributed by atoms with Crippen molar-refractivity contribution < 1.29 is 29.6 Å². The molecule has 0 aliphatic heterocycles. The molecule has 0 saturated heterocycles. The summed E-state index contributed by atoms with van der Waals surface area (Å²) in [6, 6.07) is 0. The van der Waals surface area contributed by atoms with Crippen molar-refractivity contribution in [3.05, 3.63) is 4.65 Å². The van der Waals surface area contributed by atoms with Crippen molar-refractivity contribution in [3.8, 4) is 0 Å². The molecule has 0 fully saturated rings. The number of rotatable bonds is 2. The summed E-state index contributed by atoms with van der Waals surface area (Å²) in [5.41, 5.74) is 0. The molecule has 0 heterocycles. The second kappa shape index (κ2) is 7.34. The van der Waals surface area contributed by atoms with Gasteiger partial charge in [-0.2, -0.15) is 0 Å². The zero-order valence-electron chi connectivity index (χ0n) is 8.45. The molecule has 0 spiro atoms. The Morgan fingerprint density at radius 3 is 0.909 bits per heavy atom. The summed E-state index contributed by atoms with van der Waals surface area (Å²) in [7, 11) is -2.21. The second-order valence-corrected chi connectivity index (χ2v) is 14.0. The molecule has 11 heavy (non-hydrogen) atoms. The summed E-state index contributed by atoms with van der Waals surface area (Å²) in [6.45, 7) is 13.8. The van der Waals surface area contributed by atoms with Crippen LogP contribution in [0.15, 0.2) is 0 Å². The van der Waals surface area contributed by atoms with Gasteiger partial charge >= 0.3 is 80.9 Å². The van der Waals surface area contributed by atoms with E-state index in [1.165, 1.54) is 0 Å². The third kappa shape index (κ3) is 19.4. The Morgan fingerprint density at radius 2 is 0.909 bits per heavy atom. The predicted molar refractivity (Wildman–Crippen MR) is 57.2 cm³/mol. The Bertz CT molecular complexity index is 85.7. The SMILES string of the molecule is C[Si](C)(C)[N-][Si](C)(C)C.[KH].[Na+]. The van der Waals surface area contributed by atoms with E-state index >= 15 is 0 Å². The Morgan fingerprint density at radius 1 is 0.727 bits per heavy atom. The van der Waals surface area contributed by atoms with E-state index in [1.54, 1.807) is 0 Å². The van der Waals surface area contributed by atoms with Crippen molar-refractivity contribution in [1.82, 2.24) is 0 Å². The minimum absolute atomic E-state index is 0. The minimum atomic E-state index is -1.11. The molecule has 0 unspecified atom stereocenters. The van der Waals surface area contributed by atoms with Crippen molar-refractivity contribution in [3.63, 3.8) is 0 Å². The maximum atomic E-state index is 4.82. The van der Waals surface area contributed by atoms with Crippen LogP contribution in [0.2, 0.25) is 39.3 Å². The molecule has 0 N–H and O–H groups in total. The van der Waals surface area contributed by atoms with E-state index in [0.29, 0.717) is 0 Å². The fourth-order valence-corrected chi connectivity index (χ4v) is 9.06. The van der Waals surface area contributed by atoms with Gasteiger partial charge in [0.25, 0.3) is 0 Å². The predicted octanol–water partition coefficient (Wildman–Crippen LogP) is -0.615. The third-order valence-corrected chi connectivity index (χ3v) is 6.04. The Hall–Kier alpha value is 3.03. The maximum absolute atomic E-state index is 4.82. The average Bonchev–Trinajstić information content (AvgIpc) is 1.14. The Kier molecular flexibility index (Phi) is 13.1. The summed E-state index contributed by atoms with van der Waals surface area (Å²) in [6.07, 6.45) is 0. The molecule has 0 bridgehead atoms. The number of nitrogens with zero attached hydrogens (tertiary/aromatic N) is 1. The van der Waals surface area contributed by atoms with Crippen LogP contribution < -0.4 is 29.6 Å². The van der Waals surface area contributed by atoms with Gasteiger partial charge in [-0.1, -0.05) is 55.8 Å². The topological polar surface area (TPSA) is 14.1 Å². The Balaban J connectivity index is -0.000000320. The zero-order valence-corrected chi connectivity index (χ0v) is 12.4. The summed E-state index contributed by atoms with van der Waals surface area (Å²) in [4.78, 5) is 0. The molecule has 0 atom stereocenters. The van der Waals surface area contributed by atoms with E-state index in [0.717, 1.165) is 0 Å². The van der Waals surface area contributed by atoms with Crippen LogP contribution in [0.5, 0.6) is 0 Å². The first-order valence-corrected chi connectivity index (χ1v) is 10.3. The van der Waals surface area contributed by atoms with Crippen molar-refractivity contribution in [2.45, 2.75) is 39.3 Å². The van der Waals surface area contributed by atoms with Crippen LogP contribution in [-0.4, -0.2) is 67.9 Å². The third-order valence-electron chi connectivity index (χ3n) is 0.671. The van der Waals surface area contributed by atoms with E-state index < -0.39 is 16.5 Å². The molecule has 0 aliphatic carbocycles. The van der Waals surface area contributed by atoms with Crippen molar-refractivity contribution in [2.75, 3.05) is 0 Å². The van der Waals surface area contributed by atoms with Gasteiger partial charge in [0.15, 0.2) is 0 Å². The van der Waals surface area contributed by atoms with Gasteiger partial charge < -0.3 is 4.65 Å². The Labute approximate surface area is 138 Å². The van der Waals surface area contributed by atoms with Crippen LogP contribution >= 0.6 is 0 Å². The summed E-state index contributed by atoms with van der Waals surface area (Å²) < 4.78 is 4.82. The summed E-state index contributed by atoms with van der Waals surface area (Å²) in [5, 5.41) is 0. The molecule has 1 nitrogen and oxygen atoms in total. The quantitative estimate of drug-likeness (QED) is 0.555. The molecule has 0 amide bonds. The fraction of sp³-hybridized carbons (Fsp3) is 1.00. The standard InChI is InChI=1S/C6H18NSi2.K.Na.H/c1-8(2,3)7-9(4,5)6;;;/h1-6H3;;;/q-1;;+1;. The molecule has 0 aromatic heterocycles. The van der Waals surface area contributed by atoms with E-state index in [4.69, 9.17) is 4.65 Å². The van der Waals surface area contributed by atoms with Gasteiger partial charge in [-0.25, -0.2) is 0 Å². The molecular weight excluding hydrogens is 204 g/mol.